The highest BCUT2D eigenvalue weighted by Gasteiger charge is 2.78. The van der Waals surface area contributed by atoms with E-state index in [1.165, 1.54) is 18.4 Å². The summed E-state index contributed by atoms with van der Waals surface area (Å²) in [7, 11) is 0. The van der Waals surface area contributed by atoms with Crippen LogP contribution in [0.25, 0.3) is 0 Å². The molecule has 3 saturated carbocycles. The molecule has 2 nitrogen and oxygen atoms in total. The predicted octanol–water partition coefficient (Wildman–Crippen LogP) is 3.72. The Bertz CT molecular complexity index is 552. The van der Waals surface area contributed by atoms with Crippen LogP contribution in [0.15, 0.2) is 24.3 Å². The summed E-state index contributed by atoms with van der Waals surface area (Å²) in [5.74, 6) is 3.18. The van der Waals surface area contributed by atoms with Crippen molar-refractivity contribution < 1.29 is 4.79 Å². The van der Waals surface area contributed by atoms with E-state index in [2.05, 4.69) is 32.6 Å². The number of allylic oxidation sites excluding steroid dienone is 3. The van der Waals surface area contributed by atoms with E-state index < -0.39 is 0 Å². The highest BCUT2D eigenvalue weighted by atomic mass is 16.1. The molecule has 8 unspecified atom stereocenters. The molecule has 22 heavy (non-hydrogen) atoms. The second-order valence-electron chi connectivity index (χ2n) is 8.62. The SMILES string of the molecule is C=C1CC2C=CC3(CC(C)CC13)C1C2C1(CCC)C(N)C=O. The zero-order valence-electron chi connectivity index (χ0n) is 13.9. The predicted molar refractivity (Wildman–Crippen MR) is 89.1 cm³/mol. The molecule has 1 spiro atoms. The summed E-state index contributed by atoms with van der Waals surface area (Å²) < 4.78 is 0. The molecule has 5 rings (SSSR count). The van der Waals surface area contributed by atoms with E-state index >= 15 is 0 Å². The van der Waals surface area contributed by atoms with E-state index in [4.69, 9.17) is 5.73 Å². The Kier molecular flexibility index (Phi) is 3.05. The minimum absolute atomic E-state index is 0.0632. The molecule has 0 aromatic rings. The first kappa shape index (κ1) is 14.7. The molecular weight excluding hydrogens is 270 g/mol. The molecule has 0 saturated heterocycles. The topological polar surface area (TPSA) is 43.1 Å². The molecule has 0 amide bonds. The molecule has 0 aromatic carbocycles. The third-order valence-corrected chi connectivity index (χ3v) is 7.57. The van der Waals surface area contributed by atoms with Gasteiger partial charge in [0, 0.05) is 0 Å². The van der Waals surface area contributed by atoms with Crippen molar-refractivity contribution in [1.82, 2.24) is 0 Å². The Morgan fingerprint density at radius 1 is 1.55 bits per heavy atom. The number of fused-ring (bicyclic) bond motifs is 1. The van der Waals surface area contributed by atoms with Gasteiger partial charge in [0.15, 0.2) is 0 Å². The van der Waals surface area contributed by atoms with Gasteiger partial charge in [-0.2, -0.15) is 0 Å². The summed E-state index contributed by atoms with van der Waals surface area (Å²) in [6, 6.07) is -0.287. The van der Waals surface area contributed by atoms with E-state index in [-0.39, 0.29) is 16.9 Å². The van der Waals surface area contributed by atoms with Crippen LogP contribution in [0.1, 0.15) is 46.0 Å². The molecule has 3 fully saturated rings. The van der Waals surface area contributed by atoms with Crippen molar-refractivity contribution >= 4 is 6.29 Å². The van der Waals surface area contributed by atoms with Gasteiger partial charge in [-0.05, 0) is 66.1 Å². The van der Waals surface area contributed by atoms with Gasteiger partial charge in [0.25, 0.3) is 0 Å². The molecule has 0 heterocycles. The maximum atomic E-state index is 11.6. The Morgan fingerprint density at radius 3 is 3.00 bits per heavy atom. The fraction of sp³-hybridized carbons (Fsp3) is 0.750. The maximum Gasteiger partial charge on any atom is 0.137 e. The lowest BCUT2D eigenvalue weighted by atomic mass is 9.67. The van der Waals surface area contributed by atoms with Crippen molar-refractivity contribution in [3.63, 3.8) is 0 Å². The fourth-order valence-electron chi connectivity index (χ4n) is 7.14. The Hall–Kier alpha value is -0.890. The Morgan fingerprint density at radius 2 is 2.32 bits per heavy atom. The lowest BCUT2D eigenvalue weighted by Gasteiger charge is -2.37. The van der Waals surface area contributed by atoms with Crippen LogP contribution in [0.3, 0.4) is 0 Å². The van der Waals surface area contributed by atoms with Gasteiger partial charge in [0.05, 0.1) is 6.04 Å². The van der Waals surface area contributed by atoms with Crippen LogP contribution < -0.4 is 5.73 Å². The van der Waals surface area contributed by atoms with Crippen molar-refractivity contribution in [3.05, 3.63) is 24.3 Å². The van der Waals surface area contributed by atoms with Gasteiger partial charge in [-0.15, -0.1) is 0 Å². The van der Waals surface area contributed by atoms with Gasteiger partial charge in [-0.1, -0.05) is 44.6 Å². The number of carbonyl (C=O) groups is 1. The van der Waals surface area contributed by atoms with E-state index in [1.807, 2.05) is 0 Å². The fourth-order valence-corrected chi connectivity index (χ4v) is 7.14. The molecule has 8 atom stereocenters. The minimum Gasteiger partial charge on any atom is -0.321 e. The molecule has 2 N–H and O–H groups in total. The van der Waals surface area contributed by atoms with Crippen molar-refractivity contribution in [2.75, 3.05) is 0 Å². The average Bonchev–Trinajstić information content (AvgIpc) is 3.11. The number of aldehydes is 1. The second kappa shape index (κ2) is 4.56. The van der Waals surface area contributed by atoms with Crippen LogP contribution in [-0.2, 0) is 4.79 Å². The van der Waals surface area contributed by atoms with Gasteiger partial charge >= 0.3 is 0 Å². The standard InChI is InChI=1S/C20H29NO/c1-4-6-20(16(21)11-22)17-14-5-7-19(18(17)20)10-12(2)8-15(19)13(3)9-14/h5,7,11-12,14-18H,3-4,6,8-10,21H2,1-2H3. The normalized spacial score (nSPS) is 52.9. The molecular formula is C20H29NO. The zero-order valence-corrected chi connectivity index (χ0v) is 13.9. The monoisotopic (exact) mass is 299 g/mol. The van der Waals surface area contributed by atoms with E-state index in [9.17, 15) is 4.79 Å². The summed E-state index contributed by atoms with van der Waals surface area (Å²) in [6.45, 7) is 9.08. The number of nitrogens with two attached hydrogens (primary N) is 1. The van der Waals surface area contributed by atoms with Gasteiger partial charge in [-0.25, -0.2) is 0 Å². The lowest BCUT2D eigenvalue weighted by molar-refractivity contribution is -0.110. The lowest BCUT2D eigenvalue weighted by Crippen LogP contribution is -2.39. The minimum atomic E-state index is -0.287. The molecule has 120 valence electrons. The summed E-state index contributed by atoms with van der Waals surface area (Å²) in [4.78, 5) is 11.6. The summed E-state index contributed by atoms with van der Waals surface area (Å²) >= 11 is 0. The van der Waals surface area contributed by atoms with Crippen LogP contribution in [0, 0.1) is 40.4 Å². The van der Waals surface area contributed by atoms with Crippen molar-refractivity contribution in [3.8, 4) is 0 Å². The van der Waals surface area contributed by atoms with Gasteiger partial charge < -0.3 is 10.5 Å². The largest absolute Gasteiger partial charge is 0.321 e. The van der Waals surface area contributed by atoms with E-state index in [0.717, 1.165) is 31.5 Å². The molecule has 5 aliphatic rings. The first-order chi connectivity index (χ1) is 10.5. The van der Waals surface area contributed by atoms with Crippen LogP contribution >= 0.6 is 0 Å². The maximum absolute atomic E-state index is 11.6. The van der Waals surface area contributed by atoms with E-state index in [1.54, 1.807) is 0 Å². The van der Waals surface area contributed by atoms with Crippen molar-refractivity contribution in [1.29, 1.82) is 0 Å². The van der Waals surface area contributed by atoms with Crippen molar-refractivity contribution in [2.24, 2.45) is 46.2 Å². The van der Waals surface area contributed by atoms with Gasteiger partial charge in [0.1, 0.15) is 6.29 Å². The third-order valence-electron chi connectivity index (χ3n) is 7.57. The van der Waals surface area contributed by atoms with Gasteiger partial charge in [0.2, 0.25) is 0 Å². The molecule has 2 heteroatoms. The third kappa shape index (κ3) is 1.52. The summed E-state index contributed by atoms with van der Waals surface area (Å²) in [6.07, 6.45) is 11.9. The summed E-state index contributed by atoms with van der Waals surface area (Å²) in [5, 5.41) is 0. The number of carbonyl (C=O) groups excluding carboxylic acids is 1. The number of hydrogen-bond acceptors (Lipinski definition) is 2. The Labute approximate surface area is 134 Å². The quantitative estimate of drug-likeness (QED) is 0.635. The molecule has 2 bridgehead atoms. The van der Waals surface area contributed by atoms with Crippen molar-refractivity contribution in [2.45, 2.75) is 52.0 Å². The smallest absolute Gasteiger partial charge is 0.137 e. The van der Waals surface area contributed by atoms with Crippen LogP contribution in [-0.4, -0.2) is 12.3 Å². The summed E-state index contributed by atoms with van der Waals surface area (Å²) in [5.41, 5.74) is 8.18. The highest BCUT2D eigenvalue weighted by molar-refractivity contribution is 5.62. The second-order valence-corrected chi connectivity index (χ2v) is 8.62. The molecule has 0 aromatic heterocycles. The van der Waals surface area contributed by atoms with Crippen LogP contribution in [0.5, 0.6) is 0 Å². The first-order valence-electron chi connectivity index (χ1n) is 9.09. The molecule has 0 radical (unpaired) electrons. The number of rotatable bonds is 4. The highest BCUT2D eigenvalue weighted by Crippen LogP contribution is 2.81. The van der Waals surface area contributed by atoms with Gasteiger partial charge in [-0.3, -0.25) is 0 Å². The number of hydrogen-bond donors (Lipinski definition) is 1. The first-order valence-corrected chi connectivity index (χ1v) is 9.09. The average molecular weight is 299 g/mol. The van der Waals surface area contributed by atoms with Crippen LogP contribution in [0.2, 0.25) is 0 Å². The zero-order chi connectivity index (χ0) is 15.7. The Balaban J connectivity index is 1.83. The molecule has 0 aliphatic heterocycles. The van der Waals surface area contributed by atoms with Crippen LogP contribution in [0.4, 0.5) is 0 Å². The van der Waals surface area contributed by atoms with E-state index in [0.29, 0.717) is 23.7 Å². The molecule has 5 aliphatic carbocycles.